The van der Waals surface area contributed by atoms with Crippen LogP contribution in [0.4, 0.5) is 0 Å². The van der Waals surface area contributed by atoms with Crippen LogP contribution in [0.1, 0.15) is 38.3 Å². The molecule has 1 aliphatic carbocycles. The smallest absolute Gasteiger partial charge is 0.0991 e. The van der Waals surface area contributed by atoms with E-state index in [9.17, 15) is 0 Å². The third kappa shape index (κ3) is 3.10. The average Bonchev–Trinajstić information content (AvgIpc) is 3.19. The van der Waals surface area contributed by atoms with Gasteiger partial charge in [-0.2, -0.15) is 0 Å². The molecule has 1 heterocycles. The number of nitrogens with zero attached hydrogens (tertiary/aromatic N) is 2. The van der Waals surface area contributed by atoms with E-state index < -0.39 is 0 Å². The molecule has 1 fully saturated rings. The van der Waals surface area contributed by atoms with Crippen molar-refractivity contribution >= 4 is 0 Å². The van der Waals surface area contributed by atoms with Crippen LogP contribution in [-0.2, 0) is 0 Å². The molecule has 3 heteroatoms. The van der Waals surface area contributed by atoms with E-state index in [1.807, 2.05) is 17.1 Å². The van der Waals surface area contributed by atoms with Crippen LogP contribution in [0.25, 0.3) is 5.69 Å². The van der Waals surface area contributed by atoms with Gasteiger partial charge in [-0.15, -0.1) is 0 Å². The first-order chi connectivity index (χ1) is 9.74. The van der Waals surface area contributed by atoms with Gasteiger partial charge < -0.3 is 9.88 Å². The Morgan fingerprint density at radius 1 is 1.25 bits per heavy atom. The third-order valence-electron chi connectivity index (χ3n) is 4.37. The Balaban J connectivity index is 1.58. The fourth-order valence-electron chi connectivity index (χ4n) is 2.66. The number of nitrogens with one attached hydrogen (secondary N) is 1. The number of hydrogen-bond donors (Lipinski definition) is 1. The van der Waals surface area contributed by atoms with E-state index in [1.165, 1.54) is 18.4 Å². The Morgan fingerprint density at radius 3 is 2.60 bits per heavy atom. The number of rotatable bonds is 6. The molecule has 1 N–H and O–H groups in total. The Bertz CT molecular complexity index is 526. The minimum absolute atomic E-state index is 0.410. The molecule has 1 aromatic carbocycles. The lowest BCUT2D eigenvalue weighted by atomic mass is 10.0. The fraction of sp³-hybridized carbons (Fsp3) is 0.471. The largest absolute Gasteiger partial charge is 0.310 e. The summed E-state index contributed by atoms with van der Waals surface area (Å²) < 4.78 is 2.02. The molecule has 0 saturated heterocycles. The highest BCUT2D eigenvalue weighted by molar-refractivity contribution is 5.35. The van der Waals surface area contributed by atoms with Crippen LogP contribution >= 0.6 is 0 Å². The van der Waals surface area contributed by atoms with Gasteiger partial charge in [0.15, 0.2) is 0 Å². The van der Waals surface area contributed by atoms with Gasteiger partial charge in [-0.1, -0.05) is 19.1 Å². The molecule has 0 spiro atoms. The fourth-order valence-corrected chi connectivity index (χ4v) is 2.66. The summed E-state index contributed by atoms with van der Waals surface area (Å²) >= 11 is 0. The van der Waals surface area contributed by atoms with E-state index in [2.05, 4.69) is 48.4 Å². The zero-order valence-electron chi connectivity index (χ0n) is 12.3. The molecule has 1 saturated carbocycles. The van der Waals surface area contributed by atoms with Gasteiger partial charge in [-0.3, -0.25) is 0 Å². The summed E-state index contributed by atoms with van der Waals surface area (Å²) in [7, 11) is 0. The van der Waals surface area contributed by atoms with Crippen LogP contribution in [0.15, 0.2) is 43.0 Å². The highest BCUT2D eigenvalue weighted by Crippen LogP contribution is 2.36. The topological polar surface area (TPSA) is 29.9 Å². The summed E-state index contributed by atoms with van der Waals surface area (Å²) in [5.74, 6) is 1.78. The van der Waals surface area contributed by atoms with Gasteiger partial charge in [0, 0.05) is 24.1 Å². The van der Waals surface area contributed by atoms with Crippen LogP contribution in [0.5, 0.6) is 0 Å². The molecule has 20 heavy (non-hydrogen) atoms. The highest BCUT2D eigenvalue weighted by Gasteiger charge is 2.27. The minimum Gasteiger partial charge on any atom is -0.310 e. The zero-order chi connectivity index (χ0) is 13.9. The first kappa shape index (κ1) is 13.4. The Labute approximate surface area is 121 Å². The summed E-state index contributed by atoms with van der Waals surface area (Å²) in [5, 5.41) is 3.66. The van der Waals surface area contributed by atoms with Crippen LogP contribution in [0.2, 0.25) is 0 Å². The monoisotopic (exact) mass is 269 g/mol. The molecule has 2 aromatic rings. The summed E-state index contributed by atoms with van der Waals surface area (Å²) in [6.45, 7) is 5.72. The van der Waals surface area contributed by atoms with E-state index in [4.69, 9.17) is 0 Å². The average molecular weight is 269 g/mol. The van der Waals surface area contributed by atoms with Gasteiger partial charge in [0.25, 0.3) is 0 Å². The van der Waals surface area contributed by atoms with E-state index in [1.54, 1.807) is 6.20 Å². The van der Waals surface area contributed by atoms with Crippen LogP contribution in [0.3, 0.4) is 0 Å². The molecular weight excluding hydrogens is 246 g/mol. The summed E-state index contributed by atoms with van der Waals surface area (Å²) in [6.07, 6.45) is 8.45. The number of imidazole rings is 1. The van der Waals surface area contributed by atoms with Crippen molar-refractivity contribution in [1.82, 2.24) is 14.9 Å². The van der Waals surface area contributed by atoms with Crippen LogP contribution in [-0.4, -0.2) is 16.1 Å². The SMILES string of the molecule is CC(NCC(C)C1CC1)c1ccc(-n2ccnc2)cc1. The molecule has 0 radical (unpaired) electrons. The van der Waals surface area contributed by atoms with Gasteiger partial charge >= 0.3 is 0 Å². The molecule has 106 valence electrons. The van der Waals surface area contributed by atoms with E-state index in [0.29, 0.717) is 6.04 Å². The number of benzene rings is 1. The van der Waals surface area contributed by atoms with E-state index >= 15 is 0 Å². The van der Waals surface area contributed by atoms with Crippen LogP contribution in [0, 0.1) is 11.8 Å². The van der Waals surface area contributed by atoms with Gasteiger partial charge in [0.1, 0.15) is 0 Å². The molecule has 3 rings (SSSR count). The van der Waals surface area contributed by atoms with Gasteiger partial charge in [0.2, 0.25) is 0 Å². The van der Waals surface area contributed by atoms with Gasteiger partial charge in [-0.05, 0) is 55.8 Å². The van der Waals surface area contributed by atoms with Crippen molar-refractivity contribution in [2.45, 2.75) is 32.7 Å². The minimum atomic E-state index is 0.410. The standard InChI is InChI=1S/C17H23N3/c1-13(15-3-4-15)11-19-14(2)16-5-7-17(8-6-16)20-10-9-18-12-20/h5-10,12-15,19H,3-4,11H2,1-2H3. The van der Waals surface area contributed by atoms with Gasteiger partial charge in [-0.25, -0.2) is 4.98 Å². The van der Waals surface area contributed by atoms with Crippen molar-refractivity contribution in [3.05, 3.63) is 48.5 Å². The number of hydrogen-bond acceptors (Lipinski definition) is 2. The Kier molecular flexibility index (Phi) is 3.88. The second-order valence-corrected chi connectivity index (χ2v) is 6.01. The number of aromatic nitrogens is 2. The maximum absolute atomic E-state index is 4.08. The highest BCUT2D eigenvalue weighted by atomic mass is 15.0. The Hall–Kier alpha value is -1.61. The quantitative estimate of drug-likeness (QED) is 0.869. The van der Waals surface area contributed by atoms with Crippen molar-refractivity contribution in [2.75, 3.05) is 6.54 Å². The van der Waals surface area contributed by atoms with E-state index in [0.717, 1.165) is 24.1 Å². The lowest BCUT2D eigenvalue weighted by Crippen LogP contribution is -2.25. The maximum atomic E-state index is 4.08. The molecular formula is C17H23N3. The molecule has 3 nitrogen and oxygen atoms in total. The summed E-state index contributed by atoms with van der Waals surface area (Å²) in [6, 6.07) is 9.12. The molecule has 0 amide bonds. The second-order valence-electron chi connectivity index (χ2n) is 6.01. The van der Waals surface area contributed by atoms with E-state index in [-0.39, 0.29) is 0 Å². The first-order valence-electron chi connectivity index (χ1n) is 7.55. The van der Waals surface area contributed by atoms with Crippen LogP contribution < -0.4 is 5.32 Å². The molecule has 2 unspecified atom stereocenters. The normalized spacial score (nSPS) is 17.9. The second kappa shape index (κ2) is 5.80. The lowest BCUT2D eigenvalue weighted by molar-refractivity contribution is 0.432. The lowest BCUT2D eigenvalue weighted by Gasteiger charge is -2.18. The Morgan fingerprint density at radius 2 is 2.00 bits per heavy atom. The first-order valence-corrected chi connectivity index (χ1v) is 7.55. The summed E-state index contributed by atoms with van der Waals surface area (Å²) in [4.78, 5) is 4.08. The van der Waals surface area contributed by atoms with Crippen molar-refractivity contribution < 1.29 is 0 Å². The molecule has 1 aromatic heterocycles. The predicted octanol–water partition coefficient (Wildman–Crippen LogP) is 3.57. The zero-order valence-corrected chi connectivity index (χ0v) is 12.3. The molecule has 0 bridgehead atoms. The predicted molar refractivity (Wildman–Crippen MR) is 81.9 cm³/mol. The van der Waals surface area contributed by atoms with Crippen molar-refractivity contribution in [1.29, 1.82) is 0 Å². The molecule has 0 aliphatic heterocycles. The maximum Gasteiger partial charge on any atom is 0.0991 e. The van der Waals surface area contributed by atoms with Gasteiger partial charge in [0.05, 0.1) is 6.33 Å². The molecule has 2 atom stereocenters. The summed E-state index contributed by atoms with van der Waals surface area (Å²) in [5.41, 5.74) is 2.50. The van der Waals surface area contributed by atoms with Crippen molar-refractivity contribution in [3.8, 4) is 5.69 Å². The van der Waals surface area contributed by atoms with Crippen molar-refractivity contribution in [3.63, 3.8) is 0 Å². The van der Waals surface area contributed by atoms with Crippen molar-refractivity contribution in [2.24, 2.45) is 11.8 Å². The molecule has 1 aliphatic rings. The third-order valence-corrected chi connectivity index (χ3v) is 4.37.